The molecule has 1 saturated carbocycles. The average molecular weight is 354 g/mol. The third-order valence-electron chi connectivity index (χ3n) is 4.26. The maximum atomic E-state index is 14.0. The van der Waals surface area contributed by atoms with Crippen LogP contribution >= 0.6 is 11.6 Å². The number of H-pyrrole nitrogens is 1. The van der Waals surface area contributed by atoms with Crippen molar-refractivity contribution in [2.24, 2.45) is 5.92 Å². The van der Waals surface area contributed by atoms with E-state index in [2.05, 4.69) is 15.5 Å². The first-order valence-corrected chi connectivity index (χ1v) is 7.88. The topological polar surface area (TPSA) is 87.2 Å². The number of aromatic amines is 1. The van der Waals surface area contributed by atoms with Gasteiger partial charge in [0, 0.05) is 0 Å². The summed E-state index contributed by atoms with van der Waals surface area (Å²) in [4.78, 5) is 12.4. The van der Waals surface area contributed by atoms with Crippen molar-refractivity contribution in [3.05, 3.63) is 46.5 Å². The number of halogens is 2. The van der Waals surface area contributed by atoms with Gasteiger partial charge in [0.15, 0.2) is 11.6 Å². The Morgan fingerprint density at radius 2 is 2.29 bits per heavy atom. The predicted molar refractivity (Wildman–Crippen MR) is 85.5 cm³/mol. The molecule has 1 atom stereocenters. The van der Waals surface area contributed by atoms with E-state index >= 15 is 0 Å². The van der Waals surface area contributed by atoms with Gasteiger partial charge in [0.25, 0.3) is 5.91 Å². The quantitative estimate of drug-likeness (QED) is 0.770. The van der Waals surface area contributed by atoms with Gasteiger partial charge in [0.05, 0.1) is 30.5 Å². The number of ether oxygens (including phenoxy) is 1. The van der Waals surface area contributed by atoms with Crippen LogP contribution in [0.2, 0.25) is 5.02 Å². The highest BCUT2D eigenvalue weighted by Gasteiger charge is 2.36. The van der Waals surface area contributed by atoms with E-state index in [1.165, 1.54) is 25.4 Å². The Labute approximate surface area is 143 Å². The van der Waals surface area contributed by atoms with E-state index in [-0.39, 0.29) is 22.4 Å². The van der Waals surface area contributed by atoms with Gasteiger partial charge in [-0.3, -0.25) is 9.89 Å². The highest BCUT2D eigenvalue weighted by atomic mass is 35.5. The summed E-state index contributed by atoms with van der Waals surface area (Å²) in [6.07, 6.45) is 2.02. The molecule has 1 aliphatic rings. The van der Waals surface area contributed by atoms with Crippen LogP contribution in [0.15, 0.2) is 24.4 Å². The fourth-order valence-corrected chi connectivity index (χ4v) is 3.07. The van der Waals surface area contributed by atoms with Crippen LogP contribution in [0.5, 0.6) is 5.75 Å². The first-order valence-electron chi connectivity index (χ1n) is 7.50. The molecule has 1 fully saturated rings. The second-order valence-electron chi connectivity index (χ2n) is 5.82. The molecule has 0 saturated heterocycles. The Morgan fingerprint density at radius 3 is 2.83 bits per heavy atom. The van der Waals surface area contributed by atoms with Crippen molar-refractivity contribution >= 4 is 17.5 Å². The third kappa shape index (κ3) is 3.22. The van der Waals surface area contributed by atoms with Gasteiger partial charge in [-0.2, -0.15) is 5.10 Å². The summed E-state index contributed by atoms with van der Waals surface area (Å²) in [5.74, 6) is -0.790. The minimum Gasteiger partial charge on any atom is -0.494 e. The fourth-order valence-electron chi connectivity index (χ4n) is 2.90. The maximum Gasteiger partial charge on any atom is 0.271 e. The van der Waals surface area contributed by atoms with Crippen LogP contribution in [0.3, 0.4) is 0 Å². The van der Waals surface area contributed by atoms with E-state index in [1.807, 2.05) is 0 Å². The lowest BCUT2D eigenvalue weighted by molar-refractivity contribution is 0.0234. The molecule has 0 spiro atoms. The molecule has 0 radical (unpaired) electrons. The monoisotopic (exact) mass is 353 g/mol. The number of amides is 1. The average Bonchev–Trinajstić information content (AvgIpc) is 2.96. The van der Waals surface area contributed by atoms with Gasteiger partial charge in [0.1, 0.15) is 5.69 Å². The molecule has 8 heteroatoms. The SMILES string of the molecule is COc1ccc([C@@H](NC(=O)c2[nH]ncc2Cl)C2CC(O)C2)cc1F. The second kappa shape index (κ2) is 6.78. The number of aromatic nitrogens is 2. The summed E-state index contributed by atoms with van der Waals surface area (Å²) in [5.41, 5.74) is 0.754. The molecule has 2 aromatic rings. The van der Waals surface area contributed by atoms with Crippen molar-refractivity contribution in [3.8, 4) is 5.75 Å². The van der Waals surface area contributed by atoms with E-state index in [1.54, 1.807) is 6.07 Å². The van der Waals surface area contributed by atoms with Crippen LogP contribution in [0, 0.1) is 11.7 Å². The number of nitrogens with zero attached hydrogens (tertiary/aromatic N) is 1. The Hall–Kier alpha value is -2.12. The molecular weight excluding hydrogens is 337 g/mol. The van der Waals surface area contributed by atoms with Gasteiger partial charge in [-0.1, -0.05) is 17.7 Å². The number of carbonyl (C=O) groups is 1. The Morgan fingerprint density at radius 1 is 1.54 bits per heavy atom. The highest BCUT2D eigenvalue weighted by Crippen LogP contribution is 2.39. The molecular formula is C16H17ClFN3O3. The second-order valence-corrected chi connectivity index (χ2v) is 6.23. The summed E-state index contributed by atoms with van der Waals surface area (Å²) in [6, 6.07) is 4.11. The van der Waals surface area contributed by atoms with Crippen LogP contribution in [0.25, 0.3) is 0 Å². The number of rotatable bonds is 5. The van der Waals surface area contributed by atoms with Crippen molar-refractivity contribution in [2.45, 2.75) is 25.0 Å². The summed E-state index contributed by atoms with van der Waals surface area (Å²) in [7, 11) is 1.39. The molecule has 6 nitrogen and oxygen atoms in total. The Kier molecular flexibility index (Phi) is 4.73. The number of methoxy groups -OCH3 is 1. The highest BCUT2D eigenvalue weighted by molar-refractivity contribution is 6.33. The maximum absolute atomic E-state index is 14.0. The van der Waals surface area contributed by atoms with Crippen molar-refractivity contribution in [2.75, 3.05) is 7.11 Å². The Balaban J connectivity index is 1.85. The molecule has 0 aliphatic heterocycles. The zero-order chi connectivity index (χ0) is 17.3. The number of hydrogen-bond acceptors (Lipinski definition) is 4. The lowest BCUT2D eigenvalue weighted by Gasteiger charge is -2.38. The van der Waals surface area contributed by atoms with Crippen molar-refractivity contribution in [3.63, 3.8) is 0 Å². The molecule has 1 heterocycles. The summed E-state index contributed by atoms with van der Waals surface area (Å²) >= 11 is 5.91. The molecule has 24 heavy (non-hydrogen) atoms. The normalized spacial score (nSPS) is 21.0. The van der Waals surface area contributed by atoms with E-state index in [0.717, 1.165) is 0 Å². The largest absolute Gasteiger partial charge is 0.494 e. The molecule has 0 bridgehead atoms. The molecule has 0 unspecified atom stereocenters. The molecule has 1 aromatic carbocycles. The van der Waals surface area contributed by atoms with Crippen molar-refractivity contribution < 1.29 is 19.0 Å². The summed E-state index contributed by atoms with van der Waals surface area (Å²) in [6.45, 7) is 0. The number of carbonyl (C=O) groups excluding carboxylic acids is 1. The predicted octanol–water partition coefficient (Wildman–Crippen LogP) is 2.45. The fraction of sp³-hybridized carbons (Fsp3) is 0.375. The molecule has 3 rings (SSSR count). The molecule has 1 aromatic heterocycles. The van der Waals surface area contributed by atoms with Crippen molar-refractivity contribution in [1.29, 1.82) is 0 Å². The molecule has 128 valence electrons. The van der Waals surface area contributed by atoms with Crippen LogP contribution < -0.4 is 10.1 Å². The number of aliphatic hydroxyl groups is 1. The first kappa shape index (κ1) is 16.7. The molecule has 3 N–H and O–H groups in total. The lowest BCUT2D eigenvalue weighted by atomic mass is 9.75. The third-order valence-corrected chi connectivity index (χ3v) is 4.55. The Bertz CT molecular complexity index is 746. The standard InChI is InChI=1S/C16H17ClFN3O3/c1-24-13-3-2-8(6-12(13)18)14(9-4-10(22)5-9)20-16(23)15-11(17)7-19-21-15/h2-3,6-7,9-10,14,22H,4-5H2,1H3,(H,19,21)(H,20,23)/t9?,10?,14-/m1/s1. The van der Waals surface area contributed by atoms with E-state index < -0.39 is 23.9 Å². The molecule has 1 aliphatic carbocycles. The van der Waals surface area contributed by atoms with Gasteiger partial charge in [-0.15, -0.1) is 0 Å². The van der Waals surface area contributed by atoms with Crippen LogP contribution in [-0.2, 0) is 0 Å². The van der Waals surface area contributed by atoms with E-state index in [9.17, 15) is 14.3 Å². The zero-order valence-corrected chi connectivity index (χ0v) is 13.7. The number of aliphatic hydroxyl groups excluding tert-OH is 1. The summed E-state index contributed by atoms with van der Waals surface area (Å²) in [5, 5.41) is 18.9. The van der Waals surface area contributed by atoms with Gasteiger partial charge < -0.3 is 15.2 Å². The van der Waals surface area contributed by atoms with E-state index in [4.69, 9.17) is 16.3 Å². The zero-order valence-electron chi connectivity index (χ0n) is 12.9. The molecule has 1 amide bonds. The number of benzene rings is 1. The van der Waals surface area contributed by atoms with Gasteiger partial charge in [-0.25, -0.2) is 4.39 Å². The minimum atomic E-state index is -0.506. The van der Waals surface area contributed by atoms with E-state index in [0.29, 0.717) is 18.4 Å². The first-order chi connectivity index (χ1) is 11.5. The van der Waals surface area contributed by atoms with Crippen molar-refractivity contribution in [1.82, 2.24) is 15.5 Å². The number of hydrogen-bond donors (Lipinski definition) is 3. The van der Waals surface area contributed by atoms with Gasteiger partial charge in [-0.05, 0) is 36.5 Å². The van der Waals surface area contributed by atoms with Crippen LogP contribution in [0.1, 0.15) is 34.9 Å². The number of nitrogens with one attached hydrogen (secondary N) is 2. The van der Waals surface area contributed by atoms with Gasteiger partial charge >= 0.3 is 0 Å². The van der Waals surface area contributed by atoms with Crippen LogP contribution in [0.4, 0.5) is 4.39 Å². The minimum absolute atomic E-state index is 0.0124. The van der Waals surface area contributed by atoms with Crippen LogP contribution in [-0.4, -0.2) is 34.4 Å². The van der Waals surface area contributed by atoms with Gasteiger partial charge in [0.2, 0.25) is 0 Å². The summed E-state index contributed by atoms with van der Waals surface area (Å²) < 4.78 is 18.9. The smallest absolute Gasteiger partial charge is 0.271 e. The lowest BCUT2D eigenvalue weighted by Crippen LogP contribution is -2.41.